The fourth-order valence-corrected chi connectivity index (χ4v) is 3.39. The molecular weight excluding hydrogens is 525 g/mol. The predicted octanol–water partition coefficient (Wildman–Crippen LogP) is 6.63. The number of amides is 4. The molecule has 0 fully saturated rings. The second kappa shape index (κ2) is 11.7. The molecule has 0 radical (unpaired) electrons. The monoisotopic (exact) mass is 548 g/mol. The molecule has 3 rings (SSSR count). The van der Waals surface area contributed by atoms with Crippen molar-refractivity contribution >= 4 is 39.4 Å². The maximum Gasteiger partial charge on any atom is 0.416 e. The number of aryl methyl sites for hydroxylation is 1. The highest BCUT2D eigenvalue weighted by Gasteiger charge is 2.30. The van der Waals surface area contributed by atoms with Crippen molar-refractivity contribution < 1.29 is 22.8 Å². The molecule has 3 aromatic rings. The summed E-state index contributed by atoms with van der Waals surface area (Å²) in [4.78, 5) is 26.6. The van der Waals surface area contributed by atoms with Crippen LogP contribution in [-0.4, -0.2) is 30.1 Å². The summed E-state index contributed by atoms with van der Waals surface area (Å²) in [5, 5.41) is 8.03. The van der Waals surface area contributed by atoms with E-state index in [1.807, 2.05) is 31.2 Å². The molecule has 0 aliphatic carbocycles. The molecule has 0 saturated heterocycles. The highest BCUT2D eigenvalue weighted by molar-refractivity contribution is 9.10. The number of alkyl halides is 3. The van der Waals surface area contributed by atoms with Crippen LogP contribution in [0, 0.1) is 6.92 Å². The quantitative estimate of drug-likeness (QED) is 0.310. The largest absolute Gasteiger partial charge is 0.416 e. The zero-order valence-corrected chi connectivity index (χ0v) is 20.4. The Hall–Kier alpha value is -3.53. The Labute approximate surface area is 209 Å². The molecule has 0 aromatic heterocycles. The number of halogens is 4. The van der Waals surface area contributed by atoms with E-state index in [1.54, 1.807) is 24.3 Å². The topological polar surface area (TPSA) is 73.5 Å². The van der Waals surface area contributed by atoms with Gasteiger partial charge in [-0.1, -0.05) is 45.8 Å². The minimum Gasteiger partial charge on any atom is -0.336 e. The second-order valence-electron chi connectivity index (χ2n) is 7.80. The fraction of sp³-hybridized carbons (Fsp3) is 0.200. The van der Waals surface area contributed by atoms with Crippen molar-refractivity contribution in [3.05, 3.63) is 94.0 Å². The van der Waals surface area contributed by atoms with Crippen molar-refractivity contribution in [2.24, 2.45) is 0 Å². The highest BCUT2D eigenvalue weighted by atomic mass is 79.9. The number of benzene rings is 3. The minimum atomic E-state index is -4.46. The summed E-state index contributed by atoms with van der Waals surface area (Å²) in [5.74, 6) is 0. The number of anilines is 2. The number of carbonyl (C=O) groups is 2. The number of carbonyl (C=O) groups excluding carboxylic acids is 2. The average Bonchev–Trinajstić information content (AvgIpc) is 2.81. The molecule has 184 valence electrons. The van der Waals surface area contributed by atoms with Gasteiger partial charge in [-0.2, -0.15) is 13.2 Å². The van der Waals surface area contributed by atoms with E-state index in [0.29, 0.717) is 5.69 Å². The minimum absolute atomic E-state index is 0.161. The second-order valence-corrected chi connectivity index (χ2v) is 8.72. The van der Waals surface area contributed by atoms with Crippen LogP contribution in [0.3, 0.4) is 0 Å². The first-order valence-electron chi connectivity index (χ1n) is 10.7. The molecule has 0 saturated carbocycles. The molecule has 3 aromatic carbocycles. The summed E-state index contributed by atoms with van der Waals surface area (Å²) >= 11 is 3.33. The van der Waals surface area contributed by atoms with Crippen molar-refractivity contribution in [3.8, 4) is 0 Å². The molecule has 3 N–H and O–H groups in total. The van der Waals surface area contributed by atoms with Crippen LogP contribution < -0.4 is 16.0 Å². The molecule has 0 heterocycles. The van der Waals surface area contributed by atoms with E-state index in [1.165, 1.54) is 17.0 Å². The van der Waals surface area contributed by atoms with Gasteiger partial charge in [0.05, 0.1) is 5.56 Å². The van der Waals surface area contributed by atoms with Gasteiger partial charge in [-0.15, -0.1) is 0 Å². The Morgan fingerprint density at radius 3 is 2.03 bits per heavy atom. The summed E-state index contributed by atoms with van der Waals surface area (Å²) in [6.45, 7) is 2.54. The molecule has 10 heteroatoms. The van der Waals surface area contributed by atoms with E-state index < -0.39 is 23.8 Å². The Kier molecular flexibility index (Phi) is 8.75. The van der Waals surface area contributed by atoms with E-state index in [-0.39, 0.29) is 25.3 Å². The average molecular weight is 549 g/mol. The van der Waals surface area contributed by atoms with Crippen molar-refractivity contribution in [2.45, 2.75) is 19.6 Å². The zero-order valence-electron chi connectivity index (χ0n) is 18.8. The number of nitrogens with one attached hydrogen (secondary N) is 3. The lowest BCUT2D eigenvalue weighted by Gasteiger charge is -2.24. The Morgan fingerprint density at radius 1 is 0.857 bits per heavy atom. The Bertz CT molecular complexity index is 1140. The molecule has 35 heavy (non-hydrogen) atoms. The molecule has 0 atom stereocenters. The van der Waals surface area contributed by atoms with Gasteiger partial charge in [0.2, 0.25) is 0 Å². The van der Waals surface area contributed by atoms with Crippen molar-refractivity contribution in [1.29, 1.82) is 0 Å². The van der Waals surface area contributed by atoms with Crippen molar-refractivity contribution in [2.75, 3.05) is 23.7 Å². The van der Waals surface area contributed by atoms with Crippen molar-refractivity contribution in [1.82, 2.24) is 10.2 Å². The molecule has 6 nitrogen and oxygen atoms in total. The summed E-state index contributed by atoms with van der Waals surface area (Å²) in [6, 6.07) is 18.0. The van der Waals surface area contributed by atoms with Gasteiger partial charge < -0.3 is 20.9 Å². The summed E-state index contributed by atoms with van der Waals surface area (Å²) in [7, 11) is 0. The molecule has 4 amide bonds. The van der Waals surface area contributed by atoms with Crippen LogP contribution in [0.1, 0.15) is 16.7 Å². The lowest BCUT2D eigenvalue weighted by atomic mass is 10.1. The molecule has 0 spiro atoms. The van der Waals surface area contributed by atoms with E-state index in [4.69, 9.17) is 0 Å². The lowest BCUT2D eigenvalue weighted by molar-refractivity contribution is -0.137. The zero-order chi connectivity index (χ0) is 25.4. The number of rotatable bonds is 7. The third kappa shape index (κ3) is 8.32. The molecule has 0 aliphatic heterocycles. The number of hydrogen-bond donors (Lipinski definition) is 3. The number of urea groups is 2. The summed E-state index contributed by atoms with van der Waals surface area (Å²) in [5.41, 5.74) is 1.99. The van der Waals surface area contributed by atoms with Gasteiger partial charge in [-0.3, -0.25) is 0 Å². The van der Waals surface area contributed by atoms with E-state index in [9.17, 15) is 22.8 Å². The maximum atomic E-state index is 12.9. The SMILES string of the molecule is Cc1ccc(CN(CCNC(=O)Nc2ccc(Br)cc2)C(=O)Nc2ccc(C(F)(F)F)cc2)cc1. The van der Waals surface area contributed by atoms with Gasteiger partial charge in [0.25, 0.3) is 0 Å². The van der Waals surface area contributed by atoms with E-state index in [0.717, 1.165) is 27.7 Å². The van der Waals surface area contributed by atoms with Gasteiger partial charge in [0.1, 0.15) is 0 Å². The molecule has 0 aliphatic rings. The van der Waals surface area contributed by atoms with Crippen LogP contribution in [-0.2, 0) is 12.7 Å². The van der Waals surface area contributed by atoms with Crippen LogP contribution in [0.15, 0.2) is 77.3 Å². The van der Waals surface area contributed by atoms with Gasteiger partial charge >= 0.3 is 18.2 Å². The van der Waals surface area contributed by atoms with Crippen LogP contribution in [0.2, 0.25) is 0 Å². The van der Waals surface area contributed by atoms with Gasteiger partial charge in [-0.25, -0.2) is 9.59 Å². The summed E-state index contributed by atoms with van der Waals surface area (Å²) < 4.78 is 39.3. The molecule has 0 unspecified atom stereocenters. The Balaban J connectivity index is 1.62. The first-order valence-corrected chi connectivity index (χ1v) is 11.5. The standard InChI is InChI=1S/C25H24BrF3N4O2/c1-17-2-4-18(5-3-17)16-33(15-14-30-23(34)31-21-12-8-20(26)9-13-21)24(35)32-22-10-6-19(7-11-22)25(27,28)29/h2-13H,14-16H2,1H3,(H,32,35)(H2,30,31,34). The van der Waals surface area contributed by atoms with Crippen LogP contribution >= 0.6 is 15.9 Å². The third-order valence-electron chi connectivity index (χ3n) is 5.01. The Morgan fingerprint density at radius 2 is 1.43 bits per heavy atom. The van der Waals surface area contributed by atoms with Gasteiger partial charge in [0, 0.05) is 35.5 Å². The normalized spacial score (nSPS) is 11.0. The van der Waals surface area contributed by atoms with Crippen molar-refractivity contribution in [3.63, 3.8) is 0 Å². The van der Waals surface area contributed by atoms with Crippen LogP contribution in [0.5, 0.6) is 0 Å². The fourth-order valence-electron chi connectivity index (χ4n) is 3.12. The smallest absolute Gasteiger partial charge is 0.336 e. The predicted molar refractivity (Wildman–Crippen MR) is 133 cm³/mol. The molecule has 0 bridgehead atoms. The van der Waals surface area contributed by atoms with Gasteiger partial charge in [0.15, 0.2) is 0 Å². The van der Waals surface area contributed by atoms with Crippen LogP contribution in [0.4, 0.5) is 34.1 Å². The van der Waals surface area contributed by atoms with Crippen LogP contribution in [0.25, 0.3) is 0 Å². The van der Waals surface area contributed by atoms with Gasteiger partial charge in [-0.05, 0) is 61.0 Å². The number of nitrogens with zero attached hydrogens (tertiary/aromatic N) is 1. The summed E-state index contributed by atoms with van der Waals surface area (Å²) in [6.07, 6.45) is -4.46. The first-order chi connectivity index (χ1) is 16.6. The molecular formula is C25H24BrF3N4O2. The third-order valence-corrected chi connectivity index (χ3v) is 5.54. The maximum absolute atomic E-state index is 12.9. The lowest BCUT2D eigenvalue weighted by Crippen LogP contribution is -2.41. The van der Waals surface area contributed by atoms with E-state index in [2.05, 4.69) is 31.9 Å². The number of hydrogen-bond acceptors (Lipinski definition) is 2. The first kappa shape index (κ1) is 26.1. The van der Waals surface area contributed by atoms with E-state index >= 15 is 0 Å². The highest BCUT2D eigenvalue weighted by Crippen LogP contribution is 2.29.